The van der Waals surface area contributed by atoms with Gasteiger partial charge in [0.25, 0.3) is 0 Å². The molecule has 0 saturated heterocycles. The normalized spacial score (nSPS) is 30.1. The zero-order valence-electron chi connectivity index (χ0n) is 21.0. The van der Waals surface area contributed by atoms with E-state index in [4.69, 9.17) is 9.47 Å². The average molecular weight is 479 g/mol. The van der Waals surface area contributed by atoms with Gasteiger partial charge in [-0.05, 0) is 74.2 Å². The molecule has 2 aromatic rings. The van der Waals surface area contributed by atoms with Crippen molar-refractivity contribution in [1.82, 2.24) is 14.9 Å². The van der Waals surface area contributed by atoms with Crippen LogP contribution < -0.4 is 14.8 Å². The fourth-order valence-electron chi connectivity index (χ4n) is 7.91. The number of hydrogen-bond donors (Lipinski definition) is 2. The minimum atomic E-state index is -0.302. The first-order valence-corrected chi connectivity index (χ1v) is 13.2. The number of aromatic nitrogens is 2. The Morgan fingerprint density at radius 2 is 1.83 bits per heavy atom. The van der Waals surface area contributed by atoms with E-state index in [1.54, 1.807) is 20.5 Å². The van der Waals surface area contributed by atoms with Crippen molar-refractivity contribution in [3.63, 3.8) is 0 Å². The standard InChI is InChI=1S/C28H38N4O3/c1-34-22-4-3-21(25(10-22)35-2)15-32-6-5-23-24(16-32)30-17-31-27(23)29-14-26(33)28-11-18-7-19(12-28)9-20(8-18)13-28/h3-4,10,17-20,26,33H,5-9,11-16H2,1-2H3,(H,29,30,31). The van der Waals surface area contributed by atoms with E-state index in [0.29, 0.717) is 6.54 Å². The van der Waals surface area contributed by atoms with Crippen LogP contribution in [0.1, 0.15) is 55.3 Å². The number of anilines is 1. The maximum Gasteiger partial charge on any atom is 0.133 e. The van der Waals surface area contributed by atoms with Gasteiger partial charge in [-0.1, -0.05) is 6.07 Å². The average Bonchev–Trinajstić information content (AvgIpc) is 2.86. The molecule has 4 aliphatic carbocycles. The van der Waals surface area contributed by atoms with Crippen molar-refractivity contribution < 1.29 is 14.6 Å². The van der Waals surface area contributed by atoms with Crippen molar-refractivity contribution in [2.75, 3.05) is 32.6 Å². The summed E-state index contributed by atoms with van der Waals surface area (Å²) in [6, 6.07) is 5.99. The predicted molar refractivity (Wildman–Crippen MR) is 134 cm³/mol. The molecule has 1 aromatic carbocycles. The van der Waals surface area contributed by atoms with Gasteiger partial charge in [0.05, 0.1) is 26.0 Å². The number of aliphatic hydroxyl groups is 1. The van der Waals surface area contributed by atoms with Crippen LogP contribution in [0.4, 0.5) is 5.82 Å². The SMILES string of the molecule is COc1ccc(CN2CCc3c(ncnc3NCC(O)C34CC5CC(CC(C5)C3)C4)C2)c(OC)c1. The number of aliphatic hydroxyl groups excluding tert-OH is 1. The molecule has 1 aromatic heterocycles. The molecule has 1 unspecified atom stereocenters. The van der Waals surface area contributed by atoms with Gasteiger partial charge in [-0.2, -0.15) is 0 Å². The molecule has 188 valence electrons. The van der Waals surface area contributed by atoms with Crippen LogP contribution in [-0.4, -0.2) is 53.4 Å². The molecule has 7 heteroatoms. The van der Waals surface area contributed by atoms with Crippen molar-refractivity contribution in [3.05, 3.63) is 41.3 Å². The maximum atomic E-state index is 11.3. The molecule has 7 nitrogen and oxygen atoms in total. The van der Waals surface area contributed by atoms with E-state index >= 15 is 0 Å². The van der Waals surface area contributed by atoms with Crippen LogP contribution in [0.5, 0.6) is 11.5 Å². The lowest BCUT2D eigenvalue weighted by molar-refractivity contribution is -0.115. The molecule has 0 spiro atoms. The Balaban J connectivity index is 1.11. The minimum Gasteiger partial charge on any atom is -0.497 e. The van der Waals surface area contributed by atoms with Crippen LogP contribution in [0.15, 0.2) is 24.5 Å². The van der Waals surface area contributed by atoms with E-state index in [2.05, 4.69) is 26.3 Å². The quantitative estimate of drug-likeness (QED) is 0.593. The van der Waals surface area contributed by atoms with E-state index < -0.39 is 0 Å². The molecule has 1 atom stereocenters. The summed E-state index contributed by atoms with van der Waals surface area (Å²) in [5.41, 5.74) is 3.54. The molecule has 4 fully saturated rings. The van der Waals surface area contributed by atoms with Gasteiger partial charge in [0.1, 0.15) is 23.6 Å². The molecule has 5 aliphatic rings. The smallest absolute Gasteiger partial charge is 0.133 e. The van der Waals surface area contributed by atoms with Gasteiger partial charge in [0.2, 0.25) is 0 Å². The molecule has 0 radical (unpaired) electrons. The summed E-state index contributed by atoms with van der Waals surface area (Å²) >= 11 is 0. The predicted octanol–water partition coefficient (Wildman–Crippen LogP) is 4.04. The molecule has 7 rings (SSSR count). The lowest BCUT2D eigenvalue weighted by Gasteiger charge is -2.58. The van der Waals surface area contributed by atoms with E-state index in [-0.39, 0.29) is 11.5 Å². The van der Waals surface area contributed by atoms with Crippen molar-refractivity contribution >= 4 is 5.82 Å². The van der Waals surface area contributed by atoms with Crippen molar-refractivity contribution in [3.8, 4) is 11.5 Å². The fraction of sp³-hybridized carbons (Fsp3) is 0.643. The first-order chi connectivity index (χ1) is 17.0. The number of hydrogen-bond acceptors (Lipinski definition) is 7. The summed E-state index contributed by atoms with van der Waals surface area (Å²) < 4.78 is 10.9. The number of rotatable bonds is 8. The third-order valence-corrected chi connectivity index (χ3v) is 9.23. The van der Waals surface area contributed by atoms with Crippen LogP contribution in [0.25, 0.3) is 0 Å². The van der Waals surface area contributed by atoms with Crippen LogP contribution in [0, 0.1) is 23.2 Å². The highest BCUT2D eigenvalue weighted by atomic mass is 16.5. The van der Waals surface area contributed by atoms with Crippen LogP contribution in [0.3, 0.4) is 0 Å². The number of nitrogens with zero attached hydrogens (tertiary/aromatic N) is 3. The third kappa shape index (κ3) is 4.38. The maximum absolute atomic E-state index is 11.3. The van der Waals surface area contributed by atoms with Crippen molar-refractivity contribution in [1.29, 1.82) is 0 Å². The second kappa shape index (κ2) is 9.25. The molecular formula is C28H38N4O3. The Kier molecular flexibility index (Phi) is 6.09. The second-order valence-corrected chi connectivity index (χ2v) is 11.5. The van der Waals surface area contributed by atoms with Crippen molar-refractivity contribution in [2.24, 2.45) is 23.2 Å². The van der Waals surface area contributed by atoms with Gasteiger partial charge in [0.15, 0.2) is 0 Å². The number of fused-ring (bicyclic) bond motifs is 1. The first-order valence-electron chi connectivity index (χ1n) is 13.2. The monoisotopic (exact) mass is 478 g/mol. The molecule has 1 aliphatic heterocycles. The van der Waals surface area contributed by atoms with Crippen LogP contribution >= 0.6 is 0 Å². The number of ether oxygens (including phenoxy) is 2. The highest BCUT2D eigenvalue weighted by Crippen LogP contribution is 2.61. The van der Waals surface area contributed by atoms with Gasteiger partial charge in [-0.25, -0.2) is 9.97 Å². The van der Waals surface area contributed by atoms with Gasteiger partial charge < -0.3 is 19.9 Å². The third-order valence-electron chi connectivity index (χ3n) is 9.23. The van der Waals surface area contributed by atoms with Crippen LogP contribution in [-0.2, 0) is 19.5 Å². The van der Waals surface area contributed by atoms with E-state index in [1.165, 1.54) is 44.1 Å². The summed E-state index contributed by atoms with van der Waals surface area (Å²) in [5.74, 6) is 5.09. The molecule has 2 heterocycles. The highest BCUT2D eigenvalue weighted by Gasteiger charge is 2.53. The lowest BCUT2D eigenvalue weighted by Crippen LogP contribution is -2.53. The zero-order chi connectivity index (χ0) is 24.0. The number of benzene rings is 1. The van der Waals surface area contributed by atoms with Gasteiger partial charge in [-0.15, -0.1) is 0 Å². The van der Waals surface area contributed by atoms with E-state index in [9.17, 15) is 5.11 Å². The van der Waals surface area contributed by atoms with Crippen LogP contribution in [0.2, 0.25) is 0 Å². The summed E-state index contributed by atoms with van der Waals surface area (Å²) in [7, 11) is 3.37. The molecule has 0 amide bonds. The van der Waals surface area contributed by atoms with Gasteiger partial charge in [-0.3, -0.25) is 4.90 Å². The summed E-state index contributed by atoms with van der Waals surface area (Å²) in [6.07, 6.45) is 10.1. The molecular weight excluding hydrogens is 440 g/mol. The lowest BCUT2D eigenvalue weighted by atomic mass is 9.48. The Labute approximate surface area is 208 Å². The molecule has 2 N–H and O–H groups in total. The molecule has 4 bridgehead atoms. The largest absolute Gasteiger partial charge is 0.497 e. The van der Waals surface area contributed by atoms with Gasteiger partial charge in [0, 0.05) is 43.4 Å². The fourth-order valence-corrected chi connectivity index (χ4v) is 7.91. The summed E-state index contributed by atoms with van der Waals surface area (Å²) in [6.45, 7) is 3.09. The Hall–Kier alpha value is -2.38. The van der Waals surface area contributed by atoms with Gasteiger partial charge >= 0.3 is 0 Å². The number of nitrogens with one attached hydrogen (secondary N) is 1. The van der Waals surface area contributed by atoms with E-state index in [0.717, 1.165) is 72.4 Å². The summed E-state index contributed by atoms with van der Waals surface area (Å²) in [4.78, 5) is 11.6. The van der Waals surface area contributed by atoms with Crippen molar-refractivity contribution in [2.45, 2.75) is 64.1 Å². The Morgan fingerprint density at radius 1 is 1.09 bits per heavy atom. The Morgan fingerprint density at radius 3 is 2.51 bits per heavy atom. The molecule has 4 saturated carbocycles. The Bertz CT molecular complexity index is 1040. The topological polar surface area (TPSA) is 79.7 Å². The highest BCUT2D eigenvalue weighted by molar-refractivity contribution is 5.47. The number of methoxy groups -OCH3 is 2. The summed E-state index contributed by atoms with van der Waals surface area (Å²) in [5, 5.41) is 14.9. The zero-order valence-corrected chi connectivity index (χ0v) is 21.0. The first kappa shape index (κ1) is 23.0. The van der Waals surface area contributed by atoms with E-state index in [1.807, 2.05) is 12.1 Å². The minimum absolute atomic E-state index is 0.128. The molecule has 35 heavy (non-hydrogen) atoms. The second-order valence-electron chi connectivity index (χ2n) is 11.5.